The highest BCUT2D eigenvalue weighted by Crippen LogP contribution is 2.31. The van der Waals surface area contributed by atoms with Crippen LogP contribution in [-0.4, -0.2) is 73.5 Å². The summed E-state index contributed by atoms with van der Waals surface area (Å²) in [6.07, 6.45) is 0.644. The lowest BCUT2D eigenvalue weighted by molar-refractivity contribution is 0.0595. The molecule has 1 unspecified atom stereocenters. The number of halogens is 2. The van der Waals surface area contributed by atoms with Crippen molar-refractivity contribution < 1.29 is 9.53 Å². The number of hydrogen-bond donors (Lipinski definition) is 0. The van der Waals surface area contributed by atoms with Gasteiger partial charge in [-0.15, -0.1) is 0 Å². The molecule has 0 radical (unpaired) electrons. The van der Waals surface area contributed by atoms with Crippen molar-refractivity contribution in [2.75, 3.05) is 46.8 Å². The Kier molecular flexibility index (Phi) is 8.83. The summed E-state index contributed by atoms with van der Waals surface area (Å²) in [6, 6.07) is 13.6. The second kappa shape index (κ2) is 11.4. The Bertz CT molecular complexity index is 895. The maximum Gasteiger partial charge on any atom is 0.253 e. The van der Waals surface area contributed by atoms with Gasteiger partial charge in [0.25, 0.3) is 5.91 Å². The van der Waals surface area contributed by atoms with E-state index >= 15 is 0 Å². The molecule has 0 aliphatic carbocycles. The molecule has 1 heterocycles. The van der Waals surface area contributed by atoms with Gasteiger partial charge >= 0.3 is 0 Å². The van der Waals surface area contributed by atoms with Crippen LogP contribution < -0.4 is 4.74 Å². The van der Waals surface area contributed by atoms with E-state index in [9.17, 15) is 4.79 Å². The predicted octanol–water partition coefficient (Wildman–Crippen LogP) is 5.23. The Balaban J connectivity index is 1.70. The molecule has 1 aliphatic heterocycles. The zero-order valence-corrected chi connectivity index (χ0v) is 20.9. The third kappa shape index (κ3) is 6.61. The minimum absolute atomic E-state index is 0.0928. The molecule has 1 atom stereocenters. The molecule has 32 heavy (non-hydrogen) atoms. The van der Waals surface area contributed by atoms with Crippen LogP contribution in [0.4, 0.5) is 0 Å². The van der Waals surface area contributed by atoms with Gasteiger partial charge in [-0.1, -0.05) is 35.3 Å². The summed E-state index contributed by atoms with van der Waals surface area (Å²) in [5.41, 5.74) is 1.74. The van der Waals surface area contributed by atoms with E-state index in [1.165, 1.54) is 0 Å². The van der Waals surface area contributed by atoms with Crippen LogP contribution in [0, 0.1) is 0 Å². The molecular weight excluding hydrogens is 445 g/mol. The summed E-state index contributed by atoms with van der Waals surface area (Å²) in [7, 11) is 4.08. The minimum atomic E-state index is -0.159. The minimum Gasteiger partial charge on any atom is -0.486 e. The van der Waals surface area contributed by atoms with Gasteiger partial charge < -0.3 is 14.5 Å². The van der Waals surface area contributed by atoms with Crippen LogP contribution in [0.3, 0.4) is 0 Å². The van der Waals surface area contributed by atoms with Crippen molar-refractivity contribution in [1.29, 1.82) is 0 Å². The molecule has 1 saturated heterocycles. The van der Waals surface area contributed by atoms with E-state index in [1.54, 1.807) is 12.1 Å². The smallest absolute Gasteiger partial charge is 0.253 e. The maximum absolute atomic E-state index is 13.0. The summed E-state index contributed by atoms with van der Waals surface area (Å²) < 4.78 is 6.27. The van der Waals surface area contributed by atoms with Crippen LogP contribution in [-0.2, 0) is 0 Å². The van der Waals surface area contributed by atoms with Gasteiger partial charge in [-0.25, -0.2) is 0 Å². The molecule has 1 amide bonds. The van der Waals surface area contributed by atoms with Gasteiger partial charge in [-0.05, 0) is 57.8 Å². The van der Waals surface area contributed by atoms with Crippen LogP contribution >= 0.6 is 23.2 Å². The summed E-state index contributed by atoms with van der Waals surface area (Å²) in [6.45, 7) is 8.64. The lowest BCUT2D eigenvalue weighted by Crippen LogP contribution is -2.50. The lowest BCUT2D eigenvalue weighted by atomic mass is 10.0. The van der Waals surface area contributed by atoms with Gasteiger partial charge in [0.1, 0.15) is 11.9 Å². The largest absolute Gasteiger partial charge is 0.486 e. The average Bonchev–Trinajstić information content (AvgIpc) is 2.78. The number of benzene rings is 2. The molecule has 0 aromatic heterocycles. The van der Waals surface area contributed by atoms with Gasteiger partial charge in [0.05, 0.1) is 10.0 Å². The maximum atomic E-state index is 13.0. The van der Waals surface area contributed by atoms with E-state index < -0.39 is 0 Å². The van der Waals surface area contributed by atoms with Crippen LogP contribution in [0.25, 0.3) is 0 Å². The average molecular weight is 478 g/mol. The number of hydrogen-bond acceptors (Lipinski definition) is 4. The van der Waals surface area contributed by atoms with Gasteiger partial charge in [0.2, 0.25) is 0 Å². The highest BCUT2D eigenvalue weighted by molar-refractivity contribution is 6.42. The van der Waals surface area contributed by atoms with E-state index in [4.69, 9.17) is 27.9 Å². The Morgan fingerprint density at radius 3 is 2.22 bits per heavy atom. The van der Waals surface area contributed by atoms with Gasteiger partial charge in [-0.3, -0.25) is 9.69 Å². The Morgan fingerprint density at radius 2 is 1.66 bits per heavy atom. The molecule has 0 spiro atoms. The lowest BCUT2D eigenvalue weighted by Gasteiger charge is -2.37. The molecule has 174 valence electrons. The first kappa shape index (κ1) is 24.8. The second-order valence-electron chi connectivity index (χ2n) is 8.82. The molecule has 7 heteroatoms. The summed E-state index contributed by atoms with van der Waals surface area (Å²) in [5.74, 6) is 0.765. The van der Waals surface area contributed by atoms with E-state index in [-0.39, 0.29) is 12.0 Å². The van der Waals surface area contributed by atoms with E-state index in [0.29, 0.717) is 27.4 Å². The molecule has 0 bridgehead atoms. The first-order valence-electron chi connectivity index (χ1n) is 11.1. The van der Waals surface area contributed by atoms with Crippen LogP contribution in [0.2, 0.25) is 10.0 Å². The third-order valence-electron chi connectivity index (χ3n) is 5.87. The second-order valence-corrected chi connectivity index (χ2v) is 9.63. The SMILES string of the molecule is CC(C)N1CCN(C(=O)c2ccc(C(CCN(C)C)Oc3ccc(Cl)c(Cl)c3)cc2)CC1. The Labute approximate surface area is 201 Å². The summed E-state index contributed by atoms with van der Waals surface area (Å²) in [5, 5.41) is 0.968. The first-order chi connectivity index (χ1) is 15.2. The fraction of sp³-hybridized carbons (Fsp3) is 0.480. The molecule has 3 rings (SSSR count). The van der Waals surface area contributed by atoms with Crippen LogP contribution in [0.1, 0.15) is 42.3 Å². The van der Waals surface area contributed by atoms with Crippen molar-refractivity contribution in [3.8, 4) is 5.75 Å². The fourth-order valence-electron chi connectivity index (χ4n) is 3.85. The number of ether oxygens (including phenoxy) is 1. The van der Waals surface area contributed by atoms with Crippen molar-refractivity contribution >= 4 is 29.1 Å². The number of carbonyl (C=O) groups excluding carboxylic acids is 1. The van der Waals surface area contributed by atoms with Crippen LogP contribution in [0.5, 0.6) is 5.75 Å². The van der Waals surface area contributed by atoms with E-state index in [2.05, 4.69) is 23.6 Å². The standard InChI is InChI=1S/C25H33Cl2N3O2/c1-18(2)29-13-15-30(16-14-29)25(31)20-7-5-19(6-8-20)24(11-12-28(3)4)32-21-9-10-22(26)23(27)17-21/h5-10,17-18,24H,11-16H2,1-4H3. The van der Waals surface area contributed by atoms with Crippen molar-refractivity contribution in [3.63, 3.8) is 0 Å². The first-order valence-corrected chi connectivity index (χ1v) is 11.9. The highest BCUT2D eigenvalue weighted by atomic mass is 35.5. The van der Waals surface area contributed by atoms with Crippen molar-refractivity contribution in [2.24, 2.45) is 0 Å². The van der Waals surface area contributed by atoms with E-state index in [0.717, 1.165) is 44.7 Å². The topological polar surface area (TPSA) is 36.0 Å². The van der Waals surface area contributed by atoms with Crippen LogP contribution in [0.15, 0.2) is 42.5 Å². The molecule has 1 fully saturated rings. The van der Waals surface area contributed by atoms with E-state index in [1.807, 2.05) is 49.3 Å². The molecular formula is C25H33Cl2N3O2. The Hall–Kier alpha value is -1.79. The quantitative estimate of drug-likeness (QED) is 0.521. The van der Waals surface area contributed by atoms with Crippen molar-refractivity contribution in [1.82, 2.24) is 14.7 Å². The fourth-order valence-corrected chi connectivity index (χ4v) is 4.14. The van der Waals surface area contributed by atoms with Crippen molar-refractivity contribution in [3.05, 3.63) is 63.6 Å². The molecule has 0 saturated carbocycles. The third-order valence-corrected chi connectivity index (χ3v) is 6.61. The molecule has 5 nitrogen and oxygen atoms in total. The molecule has 0 N–H and O–H groups in total. The highest BCUT2D eigenvalue weighted by Gasteiger charge is 2.24. The predicted molar refractivity (Wildman–Crippen MR) is 132 cm³/mol. The van der Waals surface area contributed by atoms with Gasteiger partial charge in [-0.2, -0.15) is 0 Å². The van der Waals surface area contributed by atoms with Gasteiger partial charge in [0.15, 0.2) is 0 Å². The Morgan fingerprint density at radius 1 is 1.00 bits per heavy atom. The van der Waals surface area contributed by atoms with Crippen molar-refractivity contribution in [2.45, 2.75) is 32.4 Å². The monoisotopic (exact) mass is 477 g/mol. The number of rotatable bonds is 8. The molecule has 1 aliphatic rings. The number of nitrogens with zero attached hydrogens (tertiary/aromatic N) is 3. The zero-order valence-electron chi connectivity index (χ0n) is 19.4. The molecule has 2 aromatic rings. The summed E-state index contributed by atoms with van der Waals surface area (Å²) in [4.78, 5) is 19.5. The zero-order chi connectivity index (χ0) is 23.3. The number of amides is 1. The number of carbonyl (C=O) groups is 1. The summed E-state index contributed by atoms with van der Waals surface area (Å²) >= 11 is 12.2. The normalized spacial score (nSPS) is 15.9. The molecule has 2 aromatic carbocycles. The number of piperazine rings is 1. The van der Waals surface area contributed by atoms with Gasteiger partial charge in [0, 0.05) is 56.8 Å².